The number of amides is 2. The van der Waals surface area contributed by atoms with Gasteiger partial charge in [0.2, 0.25) is 11.8 Å². The summed E-state index contributed by atoms with van der Waals surface area (Å²) in [6, 6.07) is -1.02. The highest BCUT2D eigenvalue weighted by Gasteiger charge is 2.54. The summed E-state index contributed by atoms with van der Waals surface area (Å²) in [4.78, 5) is 25.6. The van der Waals surface area contributed by atoms with Gasteiger partial charge >= 0.3 is 6.18 Å². The maximum Gasteiger partial charge on any atom is 0.406 e. The van der Waals surface area contributed by atoms with E-state index in [1.165, 1.54) is 0 Å². The van der Waals surface area contributed by atoms with E-state index < -0.39 is 36.1 Å². The Labute approximate surface area is 122 Å². The smallest absolute Gasteiger partial charge is 0.340 e. The Morgan fingerprint density at radius 1 is 1.29 bits per heavy atom. The molecular formula is C14H21F3N2O2. The maximum atomic E-state index is 12.8. The van der Waals surface area contributed by atoms with Crippen molar-refractivity contribution < 1.29 is 22.8 Å². The first-order valence-electron chi connectivity index (χ1n) is 7.34. The van der Waals surface area contributed by atoms with E-state index in [4.69, 9.17) is 0 Å². The Hall–Kier alpha value is -1.27. The van der Waals surface area contributed by atoms with Crippen molar-refractivity contribution in [3.8, 4) is 0 Å². The highest BCUT2D eigenvalue weighted by Crippen LogP contribution is 2.36. The summed E-state index contributed by atoms with van der Waals surface area (Å²) in [6.07, 6.45) is -1.89. The van der Waals surface area contributed by atoms with Gasteiger partial charge in [-0.2, -0.15) is 13.2 Å². The summed E-state index contributed by atoms with van der Waals surface area (Å²) in [5.41, 5.74) is -1.10. The molecule has 1 saturated heterocycles. The molecule has 0 bridgehead atoms. The predicted octanol–water partition coefficient (Wildman–Crippen LogP) is 2.23. The molecule has 1 heterocycles. The summed E-state index contributed by atoms with van der Waals surface area (Å²) >= 11 is 0. The molecule has 0 aromatic heterocycles. The molecule has 0 aromatic rings. The van der Waals surface area contributed by atoms with Gasteiger partial charge in [0.1, 0.15) is 18.1 Å². The molecule has 4 nitrogen and oxygen atoms in total. The van der Waals surface area contributed by atoms with Gasteiger partial charge in [0.25, 0.3) is 0 Å². The molecule has 2 rings (SSSR count). The molecule has 1 unspecified atom stereocenters. The van der Waals surface area contributed by atoms with Gasteiger partial charge in [0, 0.05) is 0 Å². The first-order valence-corrected chi connectivity index (χ1v) is 7.34. The van der Waals surface area contributed by atoms with Crippen molar-refractivity contribution in [1.29, 1.82) is 0 Å². The van der Waals surface area contributed by atoms with Crippen LogP contribution in [0.2, 0.25) is 0 Å². The molecule has 1 aliphatic heterocycles. The van der Waals surface area contributed by atoms with Crippen molar-refractivity contribution in [3.05, 3.63) is 0 Å². The number of hydrogen-bond donors (Lipinski definition) is 1. The van der Waals surface area contributed by atoms with Gasteiger partial charge in [0.05, 0.1) is 0 Å². The van der Waals surface area contributed by atoms with Gasteiger partial charge in [-0.1, -0.05) is 26.7 Å². The van der Waals surface area contributed by atoms with Crippen LogP contribution in [0.4, 0.5) is 13.2 Å². The minimum absolute atomic E-state index is 0.0295. The molecule has 0 aromatic carbocycles. The first kappa shape index (κ1) is 16.1. The third-order valence-corrected chi connectivity index (χ3v) is 4.21. The van der Waals surface area contributed by atoms with Crippen LogP contribution in [0.25, 0.3) is 0 Å². The van der Waals surface area contributed by atoms with E-state index in [9.17, 15) is 22.8 Å². The van der Waals surface area contributed by atoms with Gasteiger partial charge < -0.3 is 10.2 Å². The largest absolute Gasteiger partial charge is 0.406 e. The number of hydrogen-bond acceptors (Lipinski definition) is 2. The zero-order valence-electron chi connectivity index (χ0n) is 12.3. The number of carbonyl (C=O) groups is 2. The van der Waals surface area contributed by atoms with Crippen molar-refractivity contribution in [2.45, 2.75) is 63.7 Å². The zero-order chi connectivity index (χ0) is 15.8. The highest BCUT2D eigenvalue weighted by atomic mass is 19.4. The number of alkyl halides is 3. The summed E-state index contributed by atoms with van der Waals surface area (Å²) in [6.45, 7) is 2.30. The molecule has 7 heteroatoms. The minimum Gasteiger partial charge on any atom is -0.340 e. The van der Waals surface area contributed by atoms with Crippen LogP contribution < -0.4 is 5.32 Å². The van der Waals surface area contributed by atoms with Crippen LogP contribution >= 0.6 is 0 Å². The van der Waals surface area contributed by atoms with Crippen LogP contribution in [0.1, 0.15) is 46.0 Å². The zero-order valence-corrected chi connectivity index (χ0v) is 12.3. The molecule has 2 fully saturated rings. The highest BCUT2D eigenvalue weighted by molar-refractivity contribution is 6.00. The van der Waals surface area contributed by atoms with E-state index in [-0.39, 0.29) is 12.3 Å². The lowest BCUT2D eigenvalue weighted by Crippen LogP contribution is -2.70. The van der Waals surface area contributed by atoms with E-state index in [1.807, 2.05) is 13.8 Å². The molecule has 1 atom stereocenters. The second-order valence-corrected chi connectivity index (χ2v) is 6.47. The molecule has 120 valence electrons. The topological polar surface area (TPSA) is 49.4 Å². The minimum atomic E-state index is -4.50. The van der Waals surface area contributed by atoms with Crippen LogP contribution in [0, 0.1) is 5.92 Å². The van der Waals surface area contributed by atoms with E-state index in [2.05, 4.69) is 5.32 Å². The lowest BCUT2D eigenvalue weighted by molar-refractivity contribution is -0.178. The van der Waals surface area contributed by atoms with Crippen LogP contribution in [-0.2, 0) is 9.59 Å². The predicted molar refractivity (Wildman–Crippen MR) is 70.4 cm³/mol. The summed E-state index contributed by atoms with van der Waals surface area (Å²) in [5, 5.41) is 2.72. The normalized spacial score (nSPS) is 25.8. The number of carbonyl (C=O) groups excluding carboxylic acids is 2. The molecule has 0 radical (unpaired) electrons. The summed E-state index contributed by atoms with van der Waals surface area (Å²) in [7, 11) is 0. The molecule has 1 saturated carbocycles. The van der Waals surface area contributed by atoms with Gasteiger partial charge in [-0.3, -0.25) is 9.59 Å². The second-order valence-electron chi connectivity index (χ2n) is 6.47. The standard InChI is InChI=1S/C14H21F3N2O2/c1-9(2)7-10-11(20)18-13(5-3-4-6-13)12(21)19(10)8-14(15,16)17/h9-10H,3-8H2,1-2H3,(H,18,20). The Morgan fingerprint density at radius 3 is 2.33 bits per heavy atom. The number of nitrogens with zero attached hydrogens (tertiary/aromatic N) is 1. The average Bonchev–Trinajstić information content (AvgIpc) is 2.79. The quantitative estimate of drug-likeness (QED) is 0.869. The van der Waals surface area contributed by atoms with Crippen molar-refractivity contribution >= 4 is 11.8 Å². The SMILES string of the molecule is CC(C)CC1C(=O)NC2(CCCC2)C(=O)N1CC(F)(F)F. The summed E-state index contributed by atoms with van der Waals surface area (Å²) < 4.78 is 38.4. The monoisotopic (exact) mass is 306 g/mol. The molecule has 2 aliphatic rings. The Kier molecular flexibility index (Phi) is 4.22. The number of piperazine rings is 1. The van der Waals surface area contributed by atoms with Crippen molar-refractivity contribution in [1.82, 2.24) is 10.2 Å². The number of halogens is 3. The van der Waals surface area contributed by atoms with Crippen molar-refractivity contribution in [2.75, 3.05) is 6.54 Å². The summed E-state index contributed by atoms with van der Waals surface area (Å²) in [5.74, 6) is -0.987. The molecule has 2 amide bonds. The molecule has 1 aliphatic carbocycles. The maximum absolute atomic E-state index is 12.8. The molecule has 1 spiro atoms. The van der Waals surface area contributed by atoms with Crippen LogP contribution in [-0.4, -0.2) is 41.0 Å². The Morgan fingerprint density at radius 2 is 1.86 bits per heavy atom. The molecule has 1 N–H and O–H groups in total. The van der Waals surface area contributed by atoms with Crippen LogP contribution in [0.15, 0.2) is 0 Å². The lowest BCUT2D eigenvalue weighted by Gasteiger charge is -2.45. The third-order valence-electron chi connectivity index (χ3n) is 4.21. The van der Waals surface area contributed by atoms with Crippen LogP contribution in [0.3, 0.4) is 0 Å². The van der Waals surface area contributed by atoms with Crippen molar-refractivity contribution in [3.63, 3.8) is 0 Å². The van der Waals surface area contributed by atoms with Gasteiger partial charge in [0.15, 0.2) is 0 Å². The lowest BCUT2D eigenvalue weighted by atomic mass is 9.88. The van der Waals surface area contributed by atoms with Crippen LogP contribution in [0.5, 0.6) is 0 Å². The first-order chi connectivity index (χ1) is 9.65. The van der Waals surface area contributed by atoms with E-state index >= 15 is 0 Å². The molecule has 21 heavy (non-hydrogen) atoms. The fourth-order valence-electron chi connectivity index (χ4n) is 3.30. The number of nitrogens with one attached hydrogen (secondary N) is 1. The third kappa shape index (κ3) is 3.32. The number of rotatable bonds is 3. The van der Waals surface area contributed by atoms with Crippen molar-refractivity contribution in [2.24, 2.45) is 5.92 Å². The van der Waals surface area contributed by atoms with E-state index in [1.54, 1.807) is 0 Å². The Balaban J connectivity index is 2.29. The van der Waals surface area contributed by atoms with E-state index in [0.717, 1.165) is 17.7 Å². The van der Waals surface area contributed by atoms with E-state index in [0.29, 0.717) is 12.8 Å². The average molecular weight is 306 g/mol. The van der Waals surface area contributed by atoms with Gasteiger partial charge in [-0.05, 0) is 25.2 Å². The van der Waals surface area contributed by atoms with Gasteiger partial charge in [-0.15, -0.1) is 0 Å². The Bertz CT molecular complexity index is 428. The molecular weight excluding hydrogens is 285 g/mol. The van der Waals surface area contributed by atoms with Gasteiger partial charge in [-0.25, -0.2) is 0 Å². The fourth-order valence-corrected chi connectivity index (χ4v) is 3.30. The fraction of sp³-hybridized carbons (Fsp3) is 0.857. The second kappa shape index (κ2) is 5.50.